The van der Waals surface area contributed by atoms with Gasteiger partial charge < -0.3 is 20.6 Å². The molecule has 0 saturated heterocycles. The molecular formula is C14H14ClNO3. The van der Waals surface area contributed by atoms with E-state index in [4.69, 9.17) is 11.6 Å². The molecule has 0 aliphatic carbocycles. The van der Waals surface area contributed by atoms with Gasteiger partial charge in [-0.25, -0.2) is 0 Å². The molecule has 2 rings (SSSR count). The molecule has 2 aromatic carbocycles. The molecule has 5 heteroatoms. The third-order valence-electron chi connectivity index (χ3n) is 2.76. The molecule has 0 heterocycles. The summed E-state index contributed by atoms with van der Waals surface area (Å²) in [6.45, 7) is 1.88. The fourth-order valence-corrected chi connectivity index (χ4v) is 1.98. The number of benzene rings is 2. The van der Waals surface area contributed by atoms with E-state index in [9.17, 15) is 15.3 Å². The molecule has 0 bridgehead atoms. The lowest BCUT2D eigenvalue weighted by Gasteiger charge is -2.16. The van der Waals surface area contributed by atoms with Crippen molar-refractivity contribution in [3.05, 3.63) is 47.0 Å². The summed E-state index contributed by atoms with van der Waals surface area (Å²) in [5.74, 6) is 0.0367. The standard InChI is InChI=1S/C14H14ClNO3/c1-8(9-4-11(17)7-12(18)5-9)16-10-2-3-14(19)13(15)6-10/h2-8,16-19H,1H3. The van der Waals surface area contributed by atoms with Gasteiger partial charge in [-0.05, 0) is 42.8 Å². The highest BCUT2D eigenvalue weighted by atomic mass is 35.5. The molecule has 0 aliphatic heterocycles. The van der Waals surface area contributed by atoms with E-state index in [2.05, 4.69) is 5.32 Å². The Labute approximate surface area is 115 Å². The molecule has 4 N–H and O–H groups in total. The van der Waals surface area contributed by atoms with Crippen LogP contribution in [0.5, 0.6) is 17.2 Å². The molecular weight excluding hydrogens is 266 g/mol. The van der Waals surface area contributed by atoms with Crippen molar-refractivity contribution < 1.29 is 15.3 Å². The Balaban J connectivity index is 2.20. The molecule has 1 atom stereocenters. The third-order valence-corrected chi connectivity index (χ3v) is 3.06. The van der Waals surface area contributed by atoms with E-state index in [1.165, 1.54) is 12.1 Å². The summed E-state index contributed by atoms with van der Waals surface area (Å²) in [7, 11) is 0. The third kappa shape index (κ3) is 3.23. The Bertz CT molecular complexity index is 581. The summed E-state index contributed by atoms with van der Waals surface area (Å²) in [4.78, 5) is 0. The van der Waals surface area contributed by atoms with Crippen LogP contribution in [0.2, 0.25) is 5.02 Å². The second-order valence-electron chi connectivity index (χ2n) is 4.31. The minimum absolute atomic E-state index is 0.00684. The fraction of sp³-hybridized carbons (Fsp3) is 0.143. The molecule has 0 aromatic heterocycles. The number of nitrogens with one attached hydrogen (secondary N) is 1. The topological polar surface area (TPSA) is 72.7 Å². The van der Waals surface area contributed by atoms with Crippen molar-refractivity contribution in [1.29, 1.82) is 0 Å². The molecule has 0 radical (unpaired) electrons. The first-order valence-corrected chi connectivity index (χ1v) is 6.11. The second kappa shape index (κ2) is 5.28. The maximum atomic E-state index is 9.45. The quantitative estimate of drug-likeness (QED) is 0.648. The number of hydrogen-bond donors (Lipinski definition) is 4. The van der Waals surface area contributed by atoms with Gasteiger partial charge in [0.2, 0.25) is 0 Å². The lowest BCUT2D eigenvalue weighted by atomic mass is 10.1. The van der Waals surface area contributed by atoms with Crippen LogP contribution in [-0.4, -0.2) is 15.3 Å². The van der Waals surface area contributed by atoms with Crippen LogP contribution >= 0.6 is 11.6 Å². The predicted molar refractivity (Wildman–Crippen MR) is 74.9 cm³/mol. The Morgan fingerprint density at radius 2 is 1.63 bits per heavy atom. The number of rotatable bonds is 3. The first-order valence-electron chi connectivity index (χ1n) is 5.73. The lowest BCUT2D eigenvalue weighted by Crippen LogP contribution is -2.06. The van der Waals surface area contributed by atoms with Gasteiger partial charge in [0.1, 0.15) is 17.2 Å². The van der Waals surface area contributed by atoms with E-state index in [1.54, 1.807) is 24.3 Å². The predicted octanol–water partition coefficient (Wildman–Crippen LogP) is 3.63. The molecule has 0 amide bonds. The zero-order valence-electron chi connectivity index (χ0n) is 10.3. The van der Waals surface area contributed by atoms with Crippen LogP contribution in [0.15, 0.2) is 36.4 Å². The van der Waals surface area contributed by atoms with Crippen LogP contribution in [0.3, 0.4) is 0 Å². The summed E-state index contributed by atoms with van der Waals surface area (Å²) >= 11 is 5.82. The van der Waals surface area contributed by atoms with Gasteiger partial charge in [-0.2, -0.15) is 0 Å². The zero-order chi connectivity index (χ0) is 14.0. The van der Waals surface area contributed by atoms with Crippen LogP contribution in [0.4, 0.5) is 5.69 Å². The monoisotopic (exact) mass is 279 g/mol. The summed E-state index contributed by atoms with van der Waals surface area (Å²) < 4.78 is 0. The minimum Gasteiger partial charge on any atom is -0.508 e. The van der Waals surface area contributed by atoms with E-state index >= 15 is 0 Å². The Morgan fingerprint density at radius 1 is 1.00 bits per heavy atom. The van der Waals surface area contributed by atoms with Crippen LogP contribution in [0.1, 0.15) is 18.5 Å². The van der Waals surface area contributed by atoms with Crippen LogP contribution in [0, 0.1) is 0 Å². The Hall–Kier alpha value is -2.07. The van der Waals surface area contributed by atoms with E-state index in [0.717, 1.165) is 11.3 Å². The number of phenols is 3. The first kappa shape index (κ1) is 13.4. The molecule has 2 aromatic rings. The van der Waals surface area contributed by atoms with Crippen molar-refractivity contribution >= 4 is 17.3 Å². The average molecular weight is 280 g/mol. The lowest BCUT2D eigenvalue weighted by molar-refractivity contribution is 0.448. The number of anilines is 1. The molecule has 1 unspecified atom stereocenters. The highest BCUT2D eigenvalue weighted by Crippen LogP contribution is 2.30. The molecule has 0 fully saturated rings. The largest absolute Gasteiger partial charge is 0.508 e. The smallest absolute Gasteiger partial charge is 0.134 e. The highest BCUT2D eigenvalue weighted by Gasteiger charge is 2.09. The molecule has 0 aliphatic rings. The number of phenolic OH excluding ortho intramolecular Hbond substituents is 3. The summed E-state index contributed by atoms with van der Waals surface area (Å²) in [6.07, 6.45) is 0. The van der Waals surface area contributed by atoms with Gasteiger partial charge in [-0.1, -0.05) is 11.6 Å². The van der Waals surface area contributed by atoms with E-state index in [-0.39, 0.29) is 28.3 Å². The normalized spacial score (nSPS) is 12.1. The summed E-state index contributed by atoms with van der Waals surface area (Å²) in [6, 6.07) is 9.07. The Kier molecular flexibility index (Phi) is 3.71. The maximum Gasteiger partial charge on any atom is 0.134 e. The molecule has 100 valence electrons. The van der Waals surface area contributed by atoms with Gasteiger partial charge in [0.25, 0.3) is 0 Å². The Morgan fingerprint density at radius 3 is 2.21 bits per heavy atom. The average Bonchev–Trinajstić information content (AvgIpc) is 2.32. The van der Waals surface area contributed by atoms with Crippen molar-refractivity contribution in [2.45, 2.75) is 13.0 Å². The number of aromatic hydroxyl groups is 3. The van der Waals surface area contributed by atoms with Crippen molar-refractivity contribution in [3.63, 3.8) is 0 Å². The number of hydrogen-bond acceptors (Lipinski definition) is 4. The van der Waals surface area contributed by atoms with E-state index in [0.29, 0.717) is 0 Å². The van der Waals surface area contributed by atoms with Crippen molar-refractivity contribution in [3.8, 4) is 17.2 Å². The zero-order valence-corrected chi connectivity index (χ0v) is 11.0. The number of halogens is 1. The molecule has 4 nitrogen and oxygen atoms in total. The van der Waals surface area contributed by atoms with Crippen molar-refractivity contribution in [2.75, 3.05) is 5.32 Å². The van der Waals surface area contributed by atoms with Gasteiger partial charge in [0.15, 0.2) is 0 Å². The SMILES string of the molecule is CC(Nc1ccc(O)c(Cl)c1)c1cc(O)cc(O)c1. The van der Waals surface area contributed by atoms with Crippen LogP contribution in [-0.2, 0) is 0 Å². The minimum atomic E-state index is -0.140. The van der Waals surface area contributed by atoms with Crippen molar-refractivity contribution in [1.82, 2.24) is 0 Å². The molecule has 0 spiro atoms. The van der Waals surface area contributed by atoms with Crippen LogP contribution in [0.25, 0.3) is 0 Å². The van der Waals surface area contributed by atoms with Gasteiger partial charge >= 0.3 is 0 Å². The fourth-order valence-electron chi connectivity index (χ4n) is 1.80. The summed E-state index contributed by atoms with van der Waals surface area (Å²) in [5, 5.41) is 31.7. The second-order valence-corrected chi connectivity index (χ2v) is 4.72. The van der Waals surface area contributed by atoms with Gasteiger partial charge in [0.05, 0.1) is 5.02 Å². The first-order chi connectivity index (χ1) is 8.95. The molecule has 0 saturated carbocycles. The molecule has 19 heavy (non-hydrogen) atoms. The van der Waals surface area contributed by atoms with Crippen LogP contribution < -0.4 is 5.32 Å². The van der Waals surface area contributed by atoms with E-state index < -0.39 is 0 Å². The van der Waals surface area contributed by atoms with E-state index in [1.807, 2.05) is 6.92 Å². The summed E-state index contributed by atoms with van der Waals surface area (Å²) in [5.41, 5.74) is 1.47. The van der Waals surface area contributed by atoms with Gasteiger partial charge in [-0.15, -0.1) is 0 Å². The van der Waals surface area contributed by atoms with Gasteiger partial charge in [-0.3, -0.25) is 0 Å². The highest BCUT2D eigenvalue weighted by molar-refractivity contribution is 6.32. The van der Waals surface area contributed by atoms with Crippen molar-refractivity contribution in [2.24, 2.45) is 0 Å². The van der Waals surface area contributed by atoms with Gasteiger partial charge in [0, 0.05) is 17.8 Å². The maximum absolute atomic E-state index is 9.45.